The van der Waals surface area contributed by atoms with Crippen LogP contribution < -0.4 is 10.2 Å². The number of benzene rings is 2. The van der Waals surface area contributed by atoms with Gasteiger partial charge in [0.05, 0.1) is 0 Å². The number of nitrogens with one attached hydrogen (secondary N) is 1. The first-order chi connectivity index (χ1) is 11.0. The average Bonchev–Trinajstić information content (AvgIpc) is 2.52. The molecular weight excluding hydrogens is 288 g/mol. The van der Waals surface area contributed by atoms with Gasteiger partial charge in [-0.15, -0.1) is 0 Å². The Morgan fingerprint density at radius 2 is 1.74 bits per heavy atom. The molecule has 2 amide bonds. The van der Waals surface area contributed by atoms with Crippen LogP contribution in [0.15, 0.2) is 48.5 Å². The first kappa shape index (κ1) is 16.7. The molecule has 23 heavy (non-hydrogen) atoms. The van der Waals surface area contributed by atoms with Crippen molar-refractivity contribution in [2.75, 3.05) is 16.8 Å². The Kier molecular flexibility index (Phi) is 5.52. The highest BCUT2D eigenvalue weighted by molar-refractivity contribution is 5.95. The number of para-hydroxylation sites is 1. The van der Waals surface area contributed by atoms with Crippen LogP contribution in [0.2, 0.25) is 0 Å². The molecule has 0 radical (unpaired) electrons. The van der Waals surface area contributed by atoms with Crippen molar-refractivity contribution in [3.05, 3.63) is 59.7 Å². The van der Waals surface area contributed by atoms with E-state index in [1.165, 1.54) is 6.92 Å². The molecule has 0 aliphatic heterocycles. The molecule has 4 nitrogen and oxygen atoms in total. The zero-order chi connectivity index (χ0) is 16.8. The fourth-order valence-corrected chi connectivity index (χ4v) is 2.37. The van der Waals surface area contributed by atoms with Gasteiger partial charge in [0.1, 0.15) is 0 Å². The lowest BCUT2D eigenvalue weighted by molar-refractivity contribution is -0.117. The molecule has 4 heteroatoms. The molecule has 1 N–H and O–H groups in total. The summed E-state index contributed by atoms with van der Waals surface area (Å²) in [6.07, 6.45) is 0.252. The molecule has 120 valence electrons. The fraction of sp³-hybridized carbons (Fsp3) is 0.263. The van der Waals surface area contributed by atoms with Crippen LogP contribution in [0, 0.1) is 13.8 Å². The SMILES string of the molecule is CC(=O)N(CCC(=O)Nc1cc(C)ccc1C)c1ccccc1. The van der Waals surface area contributed by atoms with E-state index in [-0.39, 0.29) is 18.2 Å². The van der Waals surface area contributed by atoms with Crippen LogP contribution in [-0.2, 0) is 9.59 Å². The smallest absolute Gasteiger partial charge is 0.226 e. The summed E-state index contributed by atoms with van der Waals surface area (Å²) in [6.45, 7) is 5.81. The second-order valence-corrected chi connectivity index (χ2v) is 5.62. The average molecular weight is 310 g/mol. The number of amides is 2. The van der Waals surface area contributed by atoms with Crippen molar-refractivity contribution in [1.82, 2.24) is 0 Å². The first-order valence-corrected chi connectivity index (χ1v) is 7.67. The van der Waals surface area contributed by atoms with Crippen molar-refractivity contribution in [3.63, 3.8) is 0 Å². The van der Waals surface area contributed by atoms with E-state index in [4.69, 9.17) is 0 Å². The largest absolute Gasteiger partial charge is 0.326 e. The number of carbonyl (C=O) groups is 2. The molecule has 0 saturated carbocycles. The molecule has 2 aromatic carbocycles. The van der Waals surface area contributed by atoms with E-state index < -0.39 is 0 Å². The molecule has 0 aromatic heterocycles. The van der Waals surface area contributed by atoms with Gasteiger partial charge in [-0.25, -0.2) is 0 Å². The van der Waals surface area contributed by atoms with Gasteiger partial charge in [-0.1, -0.05) is 30.3 Å². The second kappa shape index (κ2) is 7.58. The lowest BCUT2D eigenvalue weighted by Crippen LogP contribution is -2.31. The summed E-state index contributed by atoms with van der Waals surface area (Å²) in [5.41, 5.74) is 3.75. The molecule has 0 unspecified atom stereocenters. The van der Waals surface area contributed by atoms with Crippen LogP contribution in [0.4, 0.5) is 11.4 Å². The zero-order valence-electron chi connectivity index (χ0n) is 13.8. The standard InChI is InChI=1S/C19H22N2O2/c1-14-9-10-15(2)18(13-14)20-19(23)11-12-21(16(3)22)17-7-5-4-6-8-17/h4-10,13H,11-12H2,1-3H3,(H,20,23). The van der Waals surface area contributed by atoms with E-state index in [9.17, 15) is 9.59 Å². The van der Waals surface area contributed by atoms with Crippen LogP contribution in [0.3, 0.4) is 0 Å². The van der Waals surface area contributed by atoms with Crippen molar-refractivity contribution >= 4 is 23.2 Å². The number of rotatable bonds is 5. The molecule has 0 aliphatic carbocycles. The van der Waals surface area contributed by atoms with Gasteiger partial charge in [0.15, 0.2) is 0 Å². The Balaban J connectivity index is 1.99. The van der Waals surface area contributed by atoms with Crippen molar-refractivity contribution in [1.29, 1.82) is 0 Å². The van der Waals surface area contributed by atoms with Gasteiger partial charge in [0.25, 0.3) is 0 Å². The van der Waals surface area contributed by atoms with E-state index in [0.717, 1.165) is 22.5 Å². The third kappa shape index (κ3) is 4.68. The minimum absolute atomic E-state index is 0.0734. The number of carbonyl (C=O) groups excluding carboxylic acids is 2. The monoisotopic (exact) mass is 310 g/mol. The van der Waals surface area contributed by atoms with Gasteiger partial charge in [0.2, 0.25) is 11.8 Å². The Morgan fingerprint density at radius 3 is 2.39 bits per heavy atom. The highest BCUT2D eigenvalue weighted by Gasteiger charge is 2.13. The number of hydrogen-bond donors (Lipinski definition) is 1. The Hall–Kier alpha value is -2.62. The minimum atomic E-state index is -0.0964. The fourth-order valence-electron chi connectivity index (χ4n) is 2.37. The van der Waals surface area contributed by atoms with Gasteiger partial charge in [-0.3, -0.25) is 9.59 Å². The zero-order valence-corrected chi connectivity index (χ0v) is 13.8. The lowest BCUT2D eigenvalue weighted by Gasteiger charge is -2.21. The summed E-state index contributed by atoms with van der Waals surface area (Å²) >= 11 is 0. The van der Waals surface area contributed by atoms with Crippen LogP contribution in [0.25, 0.3) is 0 Å². The number of nitrogens with zero attached hydrogens (tertiary/aromatic N) is 1. The van der Waals surface area contributed by atoms with Gasteiger partial charge in [-0.05, 0) is 43.2 Å². The van der Waals surface area contributed by atoms with Crippen molar-refractivity contribution in [2.24, 2.45) is 0 Å². The molecule has 0 bridgehead atoms. The topological polar surface area (TPSA) is 49.4 Å². The van der Waals surface area contributed by atoms with Crippen LogP contribution in [0.5, 0.6) is 0 Å². The van der Waals surface area contributed by atoms with Crippen LogP contribution >= 0.6 is 0 Å². The molecule has 2 aromatic rings. The van der Waals surface area contributed by atoms with E-state index in [1.807, 2.05) is 62.4 Å². The summed E-state index contributed by atoms with van der Waals surface area (Å²) in [7, 11) is 0. The molecule has 0 spiro atoms. The molecule has 0 heterocycles. The highest BCUT2D eigenvalue weighted by atomic mass is 16.2. The van der Waals surface area contributed by atoms with Crippen LogP contribution in [-0.4, -0.2) is 18.4 Å². The Morgan fingerprint density at radius 1 is 1.04 bits per heavy atom. The third-order valence-corrected chi connectivity index (χ3v) is 3.68. The summed E-state index contributed by atoms with van der Waals surface area (Å²) in [4.78, 5) is 25.6. The second-order valence-electron chi connectivity index (χ2n) is 5.62. The molecular formula is C19H22N2O2. The molecule has 0 fully saturated rings. The van der Waals surface area contributed by atoms with Gasteiger partial charge in [0, 0.05) is 31.3 Å². The molecule has 0 saturated heterocycles. The van der Waals surface area contributed by atoms with Crippen molar-refractivity contribution in [3.8, 4) is 0 Å². The van der Waals surface area contributed by atoms with Crippen molar-refractivity contribution in [2.45, 2.75) is 27.2 Å². The van der Waals surface area contributed by atoms with Gasteiger partial charge < -0.3 is 10.2 Å². The maximum absolute atomic E-state index is 12.2. The van der Waals surface area contributed by atoms with Gasteiger partial charge in [-0.2, -0.15) is 0 Å². The maximum atomic E-state index is 12.2. The summed E-state index contributed by atoms with van der Waals surface area (Å²) in [5.74, 6) is -0.170. The van der Waals surface area contributed by atoms with E-state index in [0.29, 0.717) is 6.54 Å². The number of aryl methyl sites for hydroxylation is 2. The summed E-state index contributed by atoms with van der Waals surface area (Å²) in [5, 5.41) is 2.92. The summed E-state index contributed by atoms with van der Waals surface area (Å²) < 4.78 is 0. The minimum Gasteiger partial charge on any atom is -0.326 e. The number of anilines is 2. The Labute approximate surface area is 137 Å². The maximum Gasteiger partial charge on any atom is 0.226 e. The quantitative estimate of drug-likeness (QED) is 0.915. The highest BCUT2D eigenvalue weighted by Crippen LogP contribution is 2.17. The third-order valence-electron chi connectivity index (χ3n) is 3.68. The molecule has 2 rings (SSSR count). The van der Waals surface area contributed by atoms with Crippen LogP contribution in [0.1, 0.15) is 24.5 Å². The molecule has 0 aliphatic rings. The predicted octanol–water partition coefficient (Wildman–Crippen LogP) is 3.69. The normalized spacial score (nSPS) is 10.2. The predicted molar refractivity (Wildman–Crippen MR) is 93.6 cm³/mol. The lowest BCUT2D eigenvalue weighted by atomic mass is 10.1. The van der Waals surface area contributed by atoms with Crippen molar-refractivity contribution < 1.29 is 9.59 Å². The first-order valence-electron chi connectivity index (χ1n) is 7.67. The number of hydrogen-bond acceptors (Lipinski definition) is 2. The summed E-state index contributed by atoms with van der Waals surface area (Å²) in [6, 6.07) is 15.3. The van der Waals surface area contributed by atoms with E-state index in [2.05, 4.69) is 5.32 Å². The van der Waals surface area contributed by atoms with E-state index >= 15 is 0 Å². The van der Waals surface area contributed by atoms with Gasteiger partial charge >= 0.3 is 0 Å². The van der Waals surface area contributed by atoms with E-state index in [1.54, 1.807) is 4.90 Å². The Bertz CT molecular complexity index is 696. The molecule has 0 atom stereocenters.